The van der Waals surface area contributed by atoms with Crippen molar-refractivity contribution >= 4 is 22.5 Å². The minimum Gasteiger partial charge on any atom is -0.771 e. The molecule has 9 nitrogen and oxygen atoms in total. The molecule has 0 bridgehead atoms. The van der Waals surface area contributed by atoms with Crippen LogP contribution in [0, 0.1) is 5.41 Å². The van der Waals surface area contributed by atoms with Gasteiger partial charge in [0.15, 0.2) is 17.2 Å². The monoisotopic (exact) mass is 466 g/mol. The predicted octanol–water partition coefficient (Wildman–Crippen LogP) is 1.94. The second-order valence-corrected chi connectivity index (χ2v) is 9.15. The van der Waals surface area contributed by atoms with E-state index < -0.39 is 23.0 Å². The average molecular weight is 466 g/mol. The van der Waals surface area contributed by atoms with Crippen molar-refractivity contribution in [2.75, 3.05) is 37.0 Å². The van der Waals surface area contributed by atoms with E-state index in [0.29, 0.717) is 11.5 Å². The third kappa shape index (κ3) is 3.95. The standard InChI is InChI=1S/C19H20F3N7O2S/c20-19(21,22)14-9-29-13(7-25-16(29)8-24-14)17-23-4-1-15(26-17)28-10-18(11-28)2-5-27(6-3-18)12-32(30)31/h1,4,7-9H,2-3,5-6,10-12H2,(H,30,31)/p-1. The predicted molar refractivity (Wildman–Crippen MR) is 108 cm³/mol. The van der Waals surface area contributed by atoms with Crippen LogP contribution in [-0.4, -0.2) is 70.1 Å². The van der Waals surface area contributed by atoms with E-state index in [2.05, 4.69) is 24.8 Å². The lowest BCUT2D eigenvalue weighted by atomic mass is 9.72. The summed E-state index contributed by atoms with van der Waals surface area (Å²) in [6.45, 7) is 3.09. The van der Waals surface area contributed by atoms with Crippen LogP contribution in [0.2, 0.25) is 0 Å². The Morgan fingerprint density at radius 1 is 1.12 bits per heavy atom. The van der Waals surface area contributed by atoms with E-state index in [9.17, 15) is 21.9 Å². The van der Waals surface area contributed by atoms with Gasteiger partial charge in [0.1, 0.15) is 11.5 Å². The summed E-state index contributed by atoms with van der Waals surface area (Å²) < 4.78 is 62.3. The fraction of sp³-hybridized carbons (Fsp3) is 0.474. The molecule has 0 amide bonds. The summed E-state index contributed by atoms with van der Waals surface area (Å²) in [5.74, 6) is 1.05. The number of likely N-dealkylation sites (tertiary alicyclic amines) is 1. The van der Waals surface area contributed by atoms with Crippen LogP contribution >= 0.6 is 0 Å². The molecular formula is C19H19F3N7O2S-. The van der Waals surface area contributed by atoms with Crippen LogP contribution in [0.1, 0.15) is 18.5 Å². The van der Waals surface area contributed by atoms with E-state index in [-0.39, 0.29) is 22.8 Å². The van der Waals surface area contributed by atoms with Crippen molar-refractivity contribution in [3.63, 3.8) is 0 Å². The molecule has 0 radical (unpaired) electrons. The molecule has 2 fully saturated rings. The number of nitrogens with zero attached hydrogens (tertiary/aromatic N) is 7. The number of hydrogen-bond donors (Lipinski definition) is 0. The van der Waals surface area contributed by atoms with E-state index in [1.807, 2.05) is 4.90 Å². The second-order valence-electron chi connectivity index (χ2n) is 8.29. The molecule has 1 unspecified atom stereocenters. The topological polar surface area (TPSA) is 103 Å². The molecule has 5 heterocycles. The molecule has 2 aliphatic heterocycles. The fourth-order valence-electron chi connectivity index (χ4n) is 4.40. The highest BCUT2D eigenvalue weighted by Crippen LogP contribution is 2.42. The Hall–Kier alpha value is -2.64. The van der Waals surface area contributed by atoms with Gasteiger partial charge in [0.05, 0.1) is 18.3 Å². The van der Waals surface area contributed by atoms with Crippen LogP contribution in [0.15, 0.2) is 30.9 Å². The summed E-state index contributed by atoms with van der Waals surface area (Å²) in [6, 6.07) is 1.78. The Bertz CT molecular complexity index is 1170. The van der Waals surface area contributed by atoms with Crippen LogP contribution < -0.4 is 4.90 Å². The van der Waals surface area contributed by atoms with Gasteiger partial charge in [-0.1, -0.05) is 0 Å². The molecular weight excluding hydrogens is 447 g/mol. The normalized spacial score (nSPS) is 19.9. The number of piperidine rings is 1. The zero-order valence-corrected chi connectivity index (χ0v) is 17.6. The first-order chi connectivity index (χ1) is 15.2. The van der Waals surface area contributed by atoms with Gasteiger partial charge in [0.2, 0.25) is 0 Å². The van der Waals surface area contributed by atoms with Gasteiger partial charge in [-0.25, -0.2) is 19.9 Å². The first-order valence-corrected chi connectivity index (χ1v) is 11.2. The molecule has 1 spiro atoms. The van der Waals surface area contributed by atoms with Crippen LogP contribution in [0.5, 0.6) is 0 Å². The highest BCUT2D eigenvalue weighted by atomic mass is 32.2. The molecule has 13 heteroatoms. The van der Waals surface area contributed by atoms with Crippen molar-refractivity contribution in [1.29, 1.82) is 0 Å². The summed E-state index contributed by atoms with van der Waals surface area (Å²) in [7, 11) is 0. The number of rotatable bonds is 4. The molecule has 1 atom stereocenters. The van der Waals surface area contributed by atoms with Gasteiger partial charge >= 0.3 is 6.18 Å². The molecule has 170 valence electrons. The van der Waals surface area contributed by atoms with Gasteiger partial charge in [-0.3, -0.25) is 13.5 Å². The number of imidazole rings is 1. The number of anilines is 1. The molecule has 3 aromatic heterocycles. The van der Waals surface area contributed by atoms with Crippen molar-refractivity contribution in [1.82, 2.24) is 29.2 Å². The maximum atomic E-state index is 13.1. The van der Waals surface area contributed by atoms with Crippen molar-refractivity contribution in [3.8, 4) is 11.5 Å². The van der Waals surface area contributed by atoms with E-state index in [1.54, 1.807) is 12.3 Å². The first kappa shape index (κ1) is 21.2. The summed E-state index contributed by atoms with van der Waals surface area (Å²) in [5, 5.41) is 0. The van der Waals surface area contributed by atoms with Crippen molar-refractivity contribution in [3.05, 3.63) is 36.5 Å². The molecule has 2 saturated heterocycles. The molecule has 0 saturated carbocycles. The lowest BCUT2D eigenvalue weighted by Crippen LogP contribution is -2.60. The average Bonchev–Trinajstić information content (AvgIpc) is 3.15. The number of aromatic nitrogens is 5. The third-order valence-corrected chi connectivity index (χ3v) is 6.71. The lowest BCUT2D eigenvalue weighted by molar-refractivity contribution is -0.141. The number of fused-ring (bicyclic) bond motifs is 1. The van der Waals surface area contributed by atoms with E-state index in [4.69, 9.17) is 0 Å². The Morgan fingerprint density at radius 2 is 1.88 bits per heavy atom. The molecule has 0 N–H and O–H groups in total. The van der Waals surface area contributed by atoms with Crippen LogP contribution in [0.25, 0.3) is 17.2 Å². The van der Waals surface area contributed by atoms with Gasteiger partial charge < -0.3 is 9.45 Å². The van der Waals surface area contributed by atoms with Gasteiger partial charge in [-0.2, -0.15) is 13.2 Å². The quantitative estimate of drug-likeness (QED) is 0.538. The van der Waals surface area contributed by atoms with E-state index >= 15 is 0 Å². The van der Waals surface area contributed by atoms with Crippen molar-refractivity contribution in [2.45, 2.75) is 19.0 Å². The molecule has 32 heavy (non-hydrogen) atoms. The molecule has 0 aliphatic carbocycles. The van der Waals surface area contributed by atoms with Crippen LogP contribution in [-0.2, 0) is 17.3 Å². The molecule has 0 aromatic carbocycles. The molecule has 3 aromatic rings. The molecule has 5 rings (SSSR count). The van der Waals surface area contributed by atoms with Gasteiger partial charge in [-0.15, -0.1) is 0 Å². The number of alkyl halides is 3. The number of halogens is 3. The largest absolute Gasteiger partial charge is 0.771 e. The third-order valence-electron chi connectivity index (χ3n) is 6.14. The highest BCUT2D eigenvalue weighted by molar-refractivity contribution is 7.79. The fourth-order valence-corrected chi connectivity index (χ4v) is 4.95. The lowest BCUT2D eigenvalue weighted by Gasteiger charge is -2.54. The SMILES string of the molecule is O=S([O-])CN1CCC2(CC1)CN(c1ccnc(-c3cnc4cnc(C(F)(F)F)cn34)n1)C2. The van der Waals surface area contributed by atoms with Crippen molar-refractivity contribution in [2.24, 2.45) is 5.41 Å². The smallest absolute Gasteiger partial charge is 0.434 e. The minimum absolute atomic E-state index is 0.0694. The minimum atomic E-state index is -4.57. The zero-order valence-electron chi connectivity index (χ0n) is 16.8. The summed E-state index contributed by atoms with van der Waals surface area (Å²) in [6.07, 6.45) is 2.25. The van der Waals surface area contributed by atoms with Gasteiger partial charge in [0.25, 0.3) is 0 Å². The van der Waals surface area contributed by atoms with Crippen LogP contribution in [0.3, 0.4) is 0 Å². The van der Waals surface area contributed by atoms with Gasteiger partial charge in [0, 0.05) is 30.9 Å². The first-order valence-electron chi connectivity index (χ1n) is 9.99. The number of hydrogen-bond acceptors (Lipinski definition) is 8. The Morgan fingerprint density at radius 3 is 2.56 bits per heavy atom. The maximum absolute atomic E-state index is 13.1. The van der Waals surface area contributed by atoms with Crippen molar-refractivity contribution < 1.29 is 21.9 Å². The summed E-state index contributed by atoms with van der Waals surface area (Å²) in [4.78, 5) is 20.4. The Kier molecular flexibility index (Phi) is 5.13. The summed E-state index contributed by atoms with van der Waals surface area (Å²) in [5.41, 5.74) is -0.250. The zero-order chi connectivity index (χ0) is 22.5. The van der Waals surface area contributed by atoms with E-state index in [0.717, 1.165) is 51.4 Å². The van der Waals surface area contributed by atoms with E-state index in [1.165, 1.54) is 10.6 Å². The highest BCUT2D eigenvalue weighted by Gasteiger charge is 2.45. The Balaban J connectivity index is 1.33. The summed E-state index contributed by atoms with van der Waals surface area (Å²) >= 11 is -2.07. The van der Waals surface area contributed by atoms with Crippen LogP contribution in [0.4, 0.5) is 19.0 Å². The Labute approximate surface area is 183 Å². The maximum Gasteiger partial charge on any atom is 0.434 e. The molecule has 2 aliphatic rings. The second kappa shape index (κ2) is 7.74. The van der Waals surface area contributed by atoms with Gasteiger partial charge in [-0.05, 0) is 43.1 Å².